The Bertz CT molecular complexity index is 697. The van der Waals surface area contributed by atoms with Gasteiger partial charge in [0.25, 0.3) is 0 Å². The molecule has 20 heavy (non-hydrogen) atoms. The van der Waals surface area contributed by atoms with Crippen LogP contribution in [-0.2, 0) is 13.1 Å². The summed E-state index contributed by atoms with van der Waals surface area (Å²) in [4.78, 5) is 0. The van der Waals surface area contributed by atoms with Gasteiger partial charge in [-0.15, -0.1) is 10.2 Å². The van der Waals surface area contributed by atoms with Crippen molar-refractivity contribution in [3.63, 3.8) is 0 Å². The minimum atomic E-state index is 0.146. The van der Waals surface area contributed by atoms with Crippen LogP contribution in [0.4, 0.5) is 0 Å². The van der Waals surface area contributed by atoms with Gasteiger partial charge in [-0.05, 0) is 38.1 Å². The number of aryl methyl sites for hydroxylation is 1. The van der Waals surface area contributed by atoms with Gasteiger partial charge in [-0.1, -0.05) is 6.07 Å². The maximum atomic E-state index is 4.28. The number of nitrogens with one attached hydrogen (secondary N) is 1. The third-order valence-electron chi connectivity index (χ3n) is 3.58. The molecule has 1 N–H and O–H groups in total. The van der Waals surface area contributed by atoms with Gasteiger partial charge in [0.1, 0.15) is 0 Å². The normalized spacial score (nSPS) is 12.9. The lowest BCUT2D eigenvalue weighted by Crippen LogP contribution is -2.21. The lowest BCUT2D eigenvalue weighted by Gasteiger charge is -2.13. The summed E-state index contributed by atoms with van der Waals surface area (Å²) in [5.41, 5.74) is 2.17. The first kappa shape index (κ1) is 12.9. The molecule has 0 aromatic carbocycles. The molecule has 5 nitrogen and oxygen atoms in total. The summed E-state index contributed by atoms with van der Waals surface area (Å²) in [5, 5.41) is 12.0. The van der Waals surface area contributed by atoms with Crippen molar-refractivity contribution in [2.45, 2.75) is 33.0 Å². The van der Waals surface area contributed by atoms with Gasteiger partial charge in [0.15, 0.2) is 11.5 Å². The van der Waals surface area contributed by atoms with E-state index in [-0.39, 0.29) is 6.04 Å². The zero-order chi connectivity index (χ0) is 13.9. The van der Waals surface area contributed by atoms with Crippen LogP contribution < -0.4 is 5.32 Å². The number of nitrogens with zero attached hydrogens (tertiary/aromatic N) is 4. The van der Waals surface area contributed by atoms with Crippen LogP contribution in [0.15, 0.2) is 42.7 Å². The molecule has 0 radical (unpaired) electrons. The molecular formula is C15H19N5. The lowest BCUT2D eigenvalue weighted by atomic mass is 10.3. The predicted molar refractivity (Wildman–Crippen MR) is 78.3 cm³/mol. The first-order chi connectivity index (χ1) is 9.79. The van der Waals surface area contributed by atoms with E-state index in [0.29, 0.717) is 0 Å². The fourth-order valence-electron chi connectivity index (χ4n) is 2.42. The van der Waals surface area contributed by atoms with Gasteiger partial charge in [0.2, 0.25) is 0 Å². The molecule has 0 amide bonds. The SMILES string of the molecule is CCn1cccc1CNC(C)c1nnc2ccccn12. The van der Waals surface area contributed by atoms with Crippen LogP contribution in [0, 0.1) is 0 Å². The largest absolute Gasteiger partial charge is 0.351 e. The second kappa shape index (κ2) is 5.46. The Morgan fingerprint density at radius 1 is 1.15 bits per heavy atom. The van der Waals surface area contributed by atoms with E-state index in [1.54, 1.807) is 0 Å². The summed E-state index contributed by atoms with van der Waals surface area (Å²) in [6.07, 6.45) is 4.10. The molecule has 0 saturated heterocycles. The molecular weight excluding hydrogens is 250 g/mol. The number of pyridine rings is 1. The van der Waals surface area contributed by atoms with E-state index in [1.165, 1.54) is 5.69 Å². The van der Waals surface area contributed by atoms with Crippen molar-refractivity contribution in [2.75, 3.05) is 0 Å². The zero-order valence-corrected chi connectivity index (χ0v) is 11.8. The van der Waals surface area contributed by atoms with Crippen LogP contribution >= 0.6 is 0 Å². The summed E-state index contributed by atoms with van der Waals surface area (Å²) >= 11 is 0. The van der Waals surface area contributed by atoms with E-state index < -0.39 is 0 Å². The molecule has 0 fully saturated rings. The molecule has 3 rings (SSSR count). The van der Waals surface area contributed by atoms with Crippen molar-refractivity contribution in [3.05, 3.63) is 54.2 Å². The van der Waals surface area contributed by atoms with Gasteiger partial charge >= 0.3 is 0 Å². The van der Waals surface area contributed by atoms with Crippen LogP contribution in [0.1, 0.15) is 31.4 Å². The Kier molecular flexibility index (Phi) is 3.52. The molecule has 0 bridgehead atoms. The minimum Gasteiger partial charge on any atom is -0.351 e. The molecule has 1 unspecified atom stereocenters. The average Bonchev–Trinajstić information content (AvgIpc) is 3.11. The van der Waals surface area contributed by atoms with Crippen LogP contribution in [0.3, 0.4) is 0 Å². The second-order valence-electron chi connectivity index (χ2n) is 4.88. The van der Waals surface area contributed by atoms with Gasteiger partial charge in [-0.3, -0.25) is 4.40 Å². The summed E-state index contributed by atoms with van der Waals surface area (Å²) in [7, 11) is 0. The number of rotatable bonds is 5. The Labute approximate surface area is 118 Å². The highest BCUT2D eigenvalue weighted by atomic mass is 15.3. The summed E-state index contributed by atoms with van der Waals surface area (Å²) < 4.78 is 4.26. The molecule has 3 aromatic rings. The summed E-state index contributed by atoms with van der Waals surface area (Å²) in [6.45, 7) is 6.08. The van der Waals surface area contributed by atoms with E-state index in [0.717, 1.165) is 24.6 Å². The van der Waals surface area contributed by atoms with Crippen molar-refractivity contribution in [1.82, 2.24) is 24.5 Å². The van der Waals surface area contributed by atoms with Crippen LogP contribution in [0.25, 0.3) is 5.65 Å². The summed E-state index contributed by atoms with van der Waals surface area (Å²) in [5.74, 6) is 0.940. The second-order valence-corrected chi connectivity index (χ2v) is 4.88. The number of hydrogen-bond donors (Lipinski definition) is 1. The van der Waals surface area contributed by atoms with E-state index >= 15 is 0 Å². The molecule has 0 aliphatic heterocycles. The number of aromatic nitrogens is 4. The monoisotopic (exact) mass is 269 g/mol. The maximum Gasteiger partial charge on any atom is 0.160 e. The van der Waals surface area contributed by atoms with E-state index in [4.69, 9.17) is 0 Å². The number of fused-ring (bicyclic) bond motifs is 1. The van der Waals surface area contributed by atoms with Crippen molar-refractivity contribution < 1.29 is 0 Å². The number of hydrogen-bond acceptors (Lipinski definition) is 3. The van der Waals surface area contributed by atoms with E-state index in [1.807, 2.05) is 28.8 Å². The first-order valence-corrected chi connectivity index (χ1v) is 6.96. The Balaban J connectivity index is 1.75. The lowest BCUT2D eigenvalue weighted by molar-refractivity contribution is 0.523. The quantitative estimate of drug-likeness (QED) is 0.773. The molecule has 0 spiro atoms. The minimum absolute atomic E-state index is 0.146. The third kappa shape index (κ3) is 2.32. The van der Waals surface area contributed by atoms with Gasteiger partial charge < -0.3 is 9.88 Å². The highest BCUT2D eigenvalue weighted by Crippen LogP contribution is 2.13. The topological polar surface area (TPSA) is 47.2 Å². The van der Waals surface area contributed by atoms with Crippen molar-refractivity contribution >= 4 is 5.65 Å². The zero-order valence-electron chi connectivity index (χ0n) is 11.8. The standard InChI is InChI=1S/C15H19N5/c1-3-19-9-6-7-13(19)11-16-12(2)15-18-17-14-8-4-5-10-20(14)15/h4-10,12,16H,3,11H2,1-2H3. The molecule has 1 atom stereocenters. The molecule has 0 aliphatic rings. The van der Waals surface area contributed by atoms with Gasteiger partial charge in [0.05, 0.1) is 6.04 Å². The van der Waals surface area contributed by atoms with Crippen LogP contribution in [0.5, 0.6) is 0 Å². The van der Waals surface area contributed by atoms with E-state index in [2.05, 4.69) is 52.3 Å². The highest BCUT2D eigenvalue weighted by molar-refractivity contribution is 5.37. The Morgan fingerprint density at radius 3 is 2.90 bits per heavy atom. The first-order valence-electron chi connectivity index (χ1n) is 6.96. The Morgan fingerprint density at radius 2 is 2.05 bits per heavy atom. The fourth-order valence-corrected chi connectivity index (χ4v) is 2.42. The molecule has 0 saturated carbocycles. The molecule has 3 heterocycles. The molecule has 0 aliphatic carbocycles. The molecule has 104 valence electrons. The molecule has 3 aromatic heterocycles. The maximum absolute atomic E-state index is 4.28. The Hall–Kier alpha value is -2.14. The smallest absolute Gasteiger partial charge is 0.160 e. The van der Waals surface area contributed by atoms with Crippen molar-refractivity contribution in [3.8, 4) is 0 Å². The summed E-state index contributed by atoms with van der Waals surface area (Å²) in [6, 6.07) is 10.3. The fraction of sp³-hybridized carbons (Fsp3) is 0.333. The van der Waals surface area contributed by atoms with Gasteiger partial charge in [0, 0.05) is 31.2 Å². The molecule has 5 heteroatoms. The average molecular weight is 269 g/mol. The van der Waals surface area contributed by atoms with Gasteiger partial charge in [-0.2, -0.15) is 0 Å². The predicted octanol–water partition coefficient (Wildman–Crippen LogP) is 2.40. The van der Waals surface area contributed by atoms with E-state index in [9.17, 15) is 0 Å². The highest BCUT2D eigenvalue weighted by Gasteiger charge is 2.13. The van der Waals surface area contributed by atoms with Crippen LogP contribution in [0.2, 0.25) is 0 Å². The third-order valence-corrected chi connectivity index (χ3v) is 3.58. The van der Waals surface area contributed by atoms with Crippen molar-refractivity contribution in [1.29, 1.82) is 0 Å². The van der Waals surface area contributed by atoms with Gasteiger partial charge in [-0.25, -0.2) is 0 Å². The van der Waals surface area contributed by atoms with Crippen LogP contribution in [-0.4, -0.2) is 19.2 Å². The van der Waals surface area contributed by atoms with Crippen molar-refractivity contribution in [2.24, 2.45) is 0 Å².